The van der Waals surface area contributed by atoms with E-state index >= 15 is 0 Å². The van der Waals surface area contributed by atoms with E-state index in [1.807, 2.05) is 18.7 Å². The molecule has 1 aromatic carbocycles. The number of carbonyl (C=O) groups excluding carboxylic acids is 2. The van der Waals surface area contributed by atoms with E-state index in [9.17, 15) is 9.59 Å². The third-order valence-corrected chi connectivity index (χ3v) is 6.34. The second-order valence-electron chi connectivity index (χ2n) is 7.25. The third-order valence-electron chi connectivity index (χ3n) is 4.87. The highest BCUT2D eigenvalue weighted by Gasteiger charge is 2.43. The molecule has 0 aromatic heterocycles. The first-order valence-corrected chi connectivity index (χ1v) is 9.42. The first kappa shape index (κ1) is 18.6. The topological polar surface area (TPSA) is 61.4 Å². The minimum Gasteiger partial charge on any atom is -0.362 e. The van der Waals surface area contributed by atoms with Crippen molar-refractivity contribution in [2.24, 2.45) is 5.41 Å². The van der Waals surface area contributed by atoms with E-state index in [1.165, 1.54) is 0 Å². The summed E-state index contributed by atoms with van der Waals surface area (Å²) in [7, 11) is 0. The van der Waals surface area contributed by atoms with Crippen LogP contribution in [0.1, 0.15) is 37.0 Å². The second-order valence-corrected chi connectivity index (χ2v) is 8.31. The van der Waals surface area contributed by atoms with Crippen molar-refractivity contribution in [3.8, 4) is 0 Å². The molecule has 2 aliphatic rings. The van der Waals surface area contributed by atoms with Gasteiger partial charge in [-0.1, -0.05) is 23.2 Å². The number of hydrogen-bond acceptors (Lipinski definition) is 3. The molecule has 0 radical (unpaired) electrons. The third kappa shape index (κ3) is 3.29. The maximum absolute atomic E-state index is 12.6. The van der Waals surface area contributed by atoms with Gasteiger partial charge in [0.25, 0.3) is 5.91 Å². The molecular formula is C17H20Cl3N3O2. The number of fused-ring (bicyclic) bond motifs is 1. The van der Waals surface area contributed by atoms with Crippen LogP contribution in [0.5, 0.6) is 0 Å². The van der Waals surface area contributed by atoms with Crippen LogP contribution in [-0.2, 0) is 4.79 Å². The summed E-state index contributed by atoms with van der Waals surface area (Å²) in [6.45, 7) is 4.77. The number of halogens is 3. The molecule has 25 heavy (non-hydrogen) atoms. The van der Waals surface area contributed by atoms with Crippen LogP contribution in [0.3, 0.4) is 0 Å². The molecule has 0 atom stereocenters. The molecule has 136 valence electrons. The van der Waals surface area contributed by atoms with Gasteiger partial charge in [-0.3, -0.25) is 9.59 Å². The zero-order valence-corrected chi connectivity index (χ0v) is 16.4. The van der Waals surface area contributed by atoms with E-state index in [0.717, 1.165) is 0 Å². The summed E-state index contributed by atoms with van der Waals surface area (Å²) >= 11 is 18.1. The smallest absolute Gasteiger partial charge is 0.256 e. The van der Waals surface area contributed by atoms with Crippen molar-refractivity contribution in [3.05, 3.63) is 27.7 Å². The van der Waals surface area contributed by atoms with Crippen LogP contribution < -0.4 is 10.6 Å². The van der Waals surface area contributed by atoms with Gasteiger partial charge in [-0.2, -0.15) is 0 Å². The molecule has 0 bridgehead atoms. The summed E-state index contributed by atoms with van der Waals surface area (Å²) in [6.07, 6.45) is 1.20. The number of anilines is 1. The molecular weight excluding hydrogens is 385 g/mol. The molecule has 3 rings (SSSR count). The fraction of sp³-hybridized carbons (Fsp3) is 0.529. The van der Waals surface area contributed by atoms with Gasteiger partial charge in [0, 0.05) is 31.8 Å². The highest BCUT2D eigenvalue weighted by molar-refractivity contribution is 6.44. The highest BCUT2D eigenvalue weighted by atomic mass is 35.5. The van der Waals surface area contributed by atoms with Crippen molar-refractivity contribution in [1.82, 2.24) is 10.2 Å². The number of piperidine rings is 1. The Labute approximate surface area is 162 Å². The lowest BCUT2D eigenvalue weighted by molar-refractivity contribution is -0.140. The monoisotopic (exact) mass is 403 g/mol. The maximum Gasteiger partial charge on any atom is 0.256 e. The number of nitrogens with one attached hydrogen (secondary N) is 2. The van der Waals surface area contributed by atoms with E-state index in [-0.39, 0.29) is 22.7 Å². The summed E-state index contributed by atoms with van der Waals surface area (Å²) in [6, 6.07) is 3.43. The number of carbonyl (C=O) groups is 2. The zero-order chi connectivity index (χ0) is 18.4. The molecule has 5 nitrogen and oxygen atoms in total. The lowest BCUT2D eigenvalue weighted by Gasteiger charge is -2.47. The van der Waals surface area contributed by atoms with Crippen molar-refractivity contribution < 1.29 is 9.59 Å². The van der Waals surface area contributed by atoms with E-state index in [0.29, 0.717) is 42.2 Å². The average Bonchev–Trinajstić information content (AvgIpc) is 2.58. The normalized spacial score (nSPS) is 19.2. The number of alkyl halides is 1. The minimum absolute atomic E-state index is 0.0368. The standard InChI is InChI=1S/C17H20Cl3N3O2/c1-16(2,9-18)15(25)23-7-5-17(6-8-23)21-11-4-3-10(19)13(20)12(11)14(24)22-17/h3-4,21H,5-9H2,1-2H3,(H,22,24). The Kier molecular flexibility index (Phi) is 4.86. The van der Waals surface area contributed by atoms with Crippen LogP contribution in [0.2, 0.25) is 10.0 Å². The molecule has 8 heteroatoms. The molecule has 1 fully saturated rings. The fourth-order valence-electron chi connectivity index (χ4n) is 3.27. The number of benzene rings is 1. The average molecular weight is 405 g/mol. The molecule has 0 saturated carbocycles. The maximum atomic E-state index is 12.6. The molecule has 2 aliphatic heterocycles. The van der Waals surface area contributed by atoms with Crippen LogP contribution in [0, 0.1) is 5.41 Å². The first-order valence-electron chi connectivity index (χ1n) is 8.13. The lowest BCUT2D eigenvalue weighted by Crippen LogP contribution is -2.63. The molecule has 0 aliphatic carbocycles. The molecule has 0 unspecified atom stereocenters. The Morgan fingerprint density at radius 3 is 2.48 bits per heavy atom. The highest BCUT2D eigenvalue weighted by Crippen LogP contribution is 2.38. The summed E-state index contributed by atoms with van der Waals surface area (Å²) in [5, 5.41) is 6.99. The first-order chi connectivity index (χ1) is 11.7. The van der Waals surface area contributed by atoms with E-state index in [1.54, 1.807) is 12.1 Å². The van der Waals surface area contributed by atoms with Gasteiger partial charge in [-0.25, -0.2) is 0 Å². The molecule has 1 aromatic rings. The minimum atomic E-state index is -0.591. The van der Waals surface area contributed by atoms with Gasteiger partial charge in [0.05, 0.1) is 26.7 Å². The number of rotatable bonds is 2. The van der Waals surface area contributed by atoms with Crippen LogP contribution in [-0.4, -0.2) is 41.3 Å². The number of nitrogens with zero attached hydrogens (tertiary/aromatic N) is 1. The van der Waals surface area contributed by atoms with Gasteiger partial charge >= 0.3 is 0 Å². The predicted molar refractivity (Wildman–Crippen MR) is 101 cm³/mol. The summed E-state index contributed by atoms with van der Waals surface area (Å²) in [5.74, 6) is 0.0616. The van der Waals surface area contributed by atoms with Gasteiger partial charge in [0.2, 0.25) is 5.91 Å². The largest absolute Gasteiger partial charge is 0.362 e. The molecule has 1 spiro atoms. The number of amides is 2. The van der Waals surface area contributed by atoms with Crippen LogP contribution >= 0.6 is 34.8 Å². The summed E-state index contributed by atoms with van der Waals surface area (Å²) in [5.41, 5.74) is -0.143. The zero-order valence-electron chi connectivity index (χ0n) is 14.1. The lowest BCUT2D eigenvalue weighted by atomic mass is 9.89. The predicted octanol–water partition coefficient (Wildman–Crippen LogP) is 3.73. The Morgan fingerprint density at radius 1 is 1.24 bits per heavy atom. The van der Waals surface area contributed by atoms with Crippen LogP contribution in [0.4, 0.5) is 5.69 Å². The molecule has 2 amide bonds. The van der Waals surface area contributed by atoms with Crippen molar-refractivity contribution in [1.29, 1.82) is 0 Å². The van der Waals surface area contributed by atoms with Gasteiger partial charge < -0.3 is 15.5 Å². The molecule has 2 heterocycles. The van der Waals surface area contributed by atoms with Crippen molar-refractivity contribution >= 4 is 52.3 Å². The second kappa shape index (κ2) is 6.53. The molecule has 1 saturated heterocycles. The van der Waals surface area contributed by atoms with Crippen LogP contribution in [0.25, 0.3) is 0 Å². The summed E-state index contributed by atoms with van der Waals surface area (Å²) in [4.78, 5) is 26.9. The molecule has 2 N–H and O–H groups in total. The Morgan fingerprint density at radius 2 is 1.88 bits per heavy atom. The number of hydrogen-bond donors (Lipinski definition) is 2. The van der Waals surface area contributed by atoms with Crippen LogP contribution in [0.15, 0.2) is 12.1 Å². The quantitative estimate of drug-likeness (QED) is 0.738. The van der Waals surface area contributed by atoms with Crippen molar-refractivity contribution in [3.63, 3.8) is 0 Å². The van der Waals surface area contributed by atoms with E-state index in [4.69, 9.17) is 34.8 Å². The SMILES string of the molecule is CC(C)(CCl)C(=O)N1CCC2(CC1)NC(=O)c1c(ccc(Cl)c1Cl)N2. The van der Waals surface area contributed by atoms with Gasteiger partial charge in [-0.05, 0) is 26.0 Å². The van der Waals surface area contributed by atoms with E-state index in [2.05, 4.69) is 10.6 Å². The summed E-state index contributed by atoms with van der Waals surface area (Å²) < 4.78 is 0. The van der Waals surface area contributed by atoms with Gasteiger partial charge in [0.1, 0.15) is 5.66 Å². The van der Waals surface area contributed by atoms with Gasteiger partial charge in [0.15, 0.2) is 0 Å². The van der Waals surface area contributed by atoms with Crippen molar-refractivity contribution in [2.45, 2.75) is 32.4 Å². The van der Waals surface area contributed by atoms with Crippen molar-refractivity contribution in [2.75, 3.05) is 24.3 Å². The van der Waals surface area contributed by atoms with Gasteiger partial charge in [-0.15, -0.1) is 11.6 Å². The fourth-order valence-corrected chi connectivity index (χ4v) is 3.79. The Hall–Kier alpha value is -1.17. The Bertz CT molecular complexity index is 728. The van der Waals surface area contributed by atoms with E-state index < -0.39 is 11.1 Å². The Balaban J connectivity index is 1.77. The number of likely N-dealkylation sites (tertiary alicyclic amines) is 1.